The maximum absolute atomic E-state index is 5.63. The summed E-state index contributed by atoms with van der Waals surface area (Å²) in [5.74, 6) is 3.06. The number of ether oxygens (including phenoxy) is 2. The van der Waals surface area contributed by atoms with Gasteiger partial charge in [0.25, 0.3) is 0 Å². The van der Waals surface area contributed by atoms with Crippen LogP contribution in [0.3, 0.4) is 0 Å². The summed E-state index contributed by atoms with van der Waals surface area (Å²) in [5, 5.41) is 3.33. The third kappa shape index (κ3) is 3.88. The zero-order chi connectivity index (χ0) is 16.9. The average Bonchev–Trinajstić information content (AvgIpc) is 2.59. The molecular weight excluding hydrogens is 304 g/mol. The van der Waals surface area contributed by atoms with E-state index in [0.29, 0.717) is 13.2 Å². The van der Waals surface area contributed by atoms with Crippen molar-refractivity contribution in [2.45, 2.75) is 26.7 Å². The lowest BCUT2D eigenvalue weighted by atomic mass is 10.2. The van der Waals surface area contributed by atoms with Gasteiger partial charge in [0.15, 0.2) is 11.5 Å². The Kier molecular flexibility index (Phi) is 5.03. The van der Waals surface area contributed by atoms with Crippen LogP contribution >= 0.6 is 0 Å². The molecule has 1 aromatic carbocycles. The minimum absolute atomic E-state index is 0.579. The van der Waals surface area contributed by atoms with Gasteiger partial charge in [0, 0.05) is 37.1 Å². The van der Waals surface area contributed by atoms with Gasteiger partial charge in [-0.3, -0.25) is 0 Å². The normalized spacial score (nSPS) is 12.8. The second-order valence-corrected chi connectivity index (χ2v) is 5.95. The molecule has 1 aromatic heterocycles. The summed E-state index contributed by atoms with van der Waals surface area (Å²) >= 11 is 0. The van der Waals surface area contributed by atoms with Crippen LogP contribution in [0.1, 0.15) is 25.5 Å². The second kappa shape index (κ2) is 7.38. The number of rotatable bonds is 6. The van der Waals surface area contributed by atoms with Gasteiger partial charge in [-0.25, -0.2) is 4.98 Å². The minimum Gasteiger partial charge on any atom is -0.486 e. The number of benzene rings is 1. The van der Waals surface area contributed by atoms with Gasteiger partial charge in [-0.05, 0) is 25.5 Å². The summed E-state index contributed by atoms with van der Waals surface area (Å²) in [4.78, 5) is 11.2. The fraction of sp³-hybridized carbons (Fsp3) is 0.444. The quantitative estimate of drug-likeness (QED) is 0.875. The first kappa shape index (κ1) is 16.4. The zero-order valence-electron chi connectivity index (χ0n) is 14.5. The van der Waals surface area contributed by atoms with Crippen molar-refractivity contribution in [3.05, 3.63) is 30.0 Å². The maximum Gasteiger partial charge on any atom is 0.227 e. The number of nitrogens with one attached hydrogen (secondary N) is 1. The molecule has 0 saturated carbocycles. The highest BCUT2D eigenvalue weighted by atomic mass is 16.6. The fourth-order valence-corrected chi connectivity index (χ4v) is 2.55. The molecule has 3 rings (SSSR count). The fourth-order valence-electron chi connectivity index (χ4n) is 2.55. The zero-order valence-corrected chi connectivity index (χ0v) is 14.5. The molecule has 0 unspecified atom stereocenters. The van der Waals surface area contributed by atoms with E-state index in [-0.39, 0.29) is 0 Å². The van der Waals surface area contributed by atoms with E-state index >= 15 is 0 Å². The number of hydrogen-bond donors (Lipinski definition) is 1. The SMILES string of the molecule is CCCCN(C)c1nc(C)cc(Nc2ccc3c(c2)OCCO3)n1. The third-order valence-corrected chi connectivity index (χ3v) is 3.85. The number of fused-ring (bicyclic) bond motifs is 1. The number of anilines is 3. The highest BCUT2D eigenvalue weighted by Gasteiger charge is 2.13. The van der Waals surface area contributed by atoms with Crippen molar-refractivity contribution in [3.8, 4) is 11.5 Å². The van der Waals surface area contributed by atoms with E-state index < -0.39 is 0 Å². The molecule has 1 aliphatic heterocycles. The molecule has 24 heavy (non-hydrogen) atoms. The molecule has 1 aliphatic rings. The summed E-state index contributed by atoms with van der Waals surface area (Å²) in [7, 11) is 2.03. The number of nitrogens with zero attached hydrogens (tertiary/aromatic N) is 3. The van der Waals surface area contributed by atoms with E-state index in [4.69, 9.17) is 9.47 Å². The van der Waals surface area contributed by atoms with Crippen LogP contribution in [0.5, 0.6) is 11.5 Å². The predicted octanol–water partition coefficient (Wildman–Crippen LogP) is 3.54. The Morgan fingerprint density at radius 2 is 1.92 bits per heavy atom. The molecule has 0 radical (unpaired) electrons. The summed E-state index contributed by atoms with van der Waals surface area (Å²) in [6.45, 7) is 6.28. The highest BCUT2D eigenvalue weighted by molar-refractivity contribution is 5.62. The molecule has 0 amide bonds. The number of aromatic nitrogens is 2. The van der Waals surface area contributed by atoms with Gasteiger partial charge >= 0.3 is 0 Å². The molecule has 2 aromatic rings. The van der Waals surface area contributed by atoms with E-state index in [2.05, 4.69) is 27.1 Å². The van der Waals surface area contributed by atoms with Gasteiger partial charge in [0.2, 0.25) is 5.95 Å². The van der Waals surface area contributed by atoms with Crippen LogP contribution in [-0.4, -0.2) is 36.8 Å². The van der Waals surface area contributed by atoms with Crippen molar-refractivity contribution >= 4 is 17.5 Å². The molecule has 0 spiro atoms. The minimum atomic E-state index is 0.579. The van der Waals surface area contributed by atoms with Crippen LogP contribution in [0.2, 0.25) is 0 Å². The van der Waals surface area contributed by atoms with Crippen LogP contribution in [0.25, 0.3) is 0 Å². The standard InChI is InChI=1S/C18H24N4O2/c1-4-5-8-22(3)18-19-13(2)11-17(21-18)20-14-6-7-15-16(12-14)24-10-9-23-15/h6-7,11-12H,4-5,8-10H2,1-3H3,(H,19,20,21). The van der Waals surface area contributed by atoms with Gasteiger partial charge in [-0.15, -0.1) is 0 Å². The Balaban J connectivity index is 1.78. The van der Waals surface area contributed by atoms with Gasteiger partial charge in [-0.1, -0.05) is 13.3 Å². The second-order valence-electron chi connectivity index (χ2n) is 5.95. The number of unbranched alkanes of at least 4 members (excludes halogenated alkanes) is 1. The molecule has 0 bridgehead atoms. The summed E-state index contributed by atoms with van der Waals surface area (Å²) in [5.41, 5.74) is 1.85. The van der Waals surface area contributed by atoms with Gasteiger partial charge in [0.05, 0.1) is 0 Å². The first-order chi connectivity index (χ1) is 11.7. The lowest BCUT2D eigenvalue weighted by Crippen LogP contribution is -2.21. The van der Waals surface area contributed by atoms with Crippen molar-refractivity contribution in [2.24, 2.45) is 0 Å². The van der Waals surface area contributed by atoms with Crippen LogP contribution in [0.15, 0.2) is 24.3 Å². The first-order valence-corrected chi connectivity index (χ1v) is 8.39. The van der Waals surface area contributed by atoms with Crippen LogP contribution in [0, 0.1) is 6.92 Å². The van der Waals surface area contributed by atoms with Crippen LogP contribution < -0.4 is 19.7 Å². The molecule has 128 valence electrons. The Morgan fingerprint density at radius 3 is 2.71 bits per heavy atom. The highest BCUT2D eigenvalue weighted by Crippen LogP contribution is 2.33. The molecule has 0 atom stereocenters. The average molecular weight is 328 g/mol. The Morgan fingerprint density at radius 1 is 1.12 bits per heavy atom. The van der Waals surface area contributed by atoms with E-state index in [1.165, 1.54) is 0 Å². The monoisotopic (exact) mass is 328 g/mol. The van der Waals surface area contributed by atoms with Gasteiger partial charge in [0.1, 0.15) is 19.0 Å². The number of hydrogen-bond acceptors (Lipinski definition) is 6. The van der Waals surface area contributed by atoms with Crippen molar-refractivity contribution in [2.75, 3.05) is 37.0 Å². The molecule has 0 saturated heterocycles. The third-order valence-electron chi connectivity index (χ3n) is 3.85. The smallest absolute Gasteiger partial charge is 0.227 e. The van der Waals surface area contributed by atoms with E-state index in [1.54, 1.807) is 0 Å². The molecule has 0 aliphatic carbocycles. The topological polar surface area (TPSA) is 59.5 Å². The summed E-state index contributed by atoms with van der Waals surface area (Å²) in [6, 6.07) is 7.75. The Bertz CT molecular complexity index is 705. The van der Waals surface area contributed by atoms with Crippen LogP contribution in [0.4, 0.5) is 17.5 Å². The Hall–Kier alpha value is -2.50. The number of aryl methyl sites for hydroxylation is 1. The molecular formula is C18H24N4O2. The van der Waals surface area contributed by atoms with Crippen LogP contribution in [-0.2, 0) is 0 Å². The largest absolute Gasteiger partial charge is 0.486 e. The summed E-state index contributed by atoms with van der Waals surface area (Å²) < 4.78 is 11.2. The molecule has 1 N–H and O–H groups in total. The summed E-state index contributed by atoms with van der Waals surface area (Å²) in [6.07, 6.45) is 2.27. The molecule has 6 heteroatoms. The Labute approximate surface area is 142 Å². The predicted molar refractivity (Wildman–Crippen MR) is 95.7 cm³/mol. The van der Waals surface area contributed by atoms with Crippen molar-refractivity contribution in [1.82, 2.24) is 9.97 Å². The lowest BCUT2D eigenvalue weighted by molar-refractivity contribution is 0.171. The van der Waals surface area contributed by atoms with Gasteiger partial charge < -0.3 is 19.7 Å². The molecule has 6 nitrogen and oxygen atoms in total. The van der Waals surface area contributed by atoms with Crippen molar-refractivity contribution in [1.29, 1.82) is 0 Å². The van der Waals surface area contributed by atoms with E-state index in [1.807, 2.05) is 38.2 Å². The van der Waals surface area contributed by atoms with Gasteiger partial charge in [-0.2, -0.15) is 4.98 Å². The first-order valence-electron chi connectivity index (χ1n) is 8.39. The molecule has 2 heterocycles. The molecule has 0 fully saturated rings. The van der Waals surface area contributed by atoms with Crippen molar-refractivity contribution < 1.29 is 9.47 Å². The van der Waals surface area contributed by atoms with Crippen molar-refractivity contribution in [3.63, 3.8) is 0 Å². The maximum atomic E-state index is 5.63. The lowest BCUT2D eigenvalue weighted by Gasteiger charge is -2.20. The van der Waals surface area contributed by atoms with E-state index in [0.717, 1.165) is 54.0 Å². The van der Waals surface area contributed by atoms with E-state index in [9.17, 15) is 0 Å².